The van der Waals surface area contributed by atoms with E-state index < -0.39 is 113 Å². The standard InChI is InChI=1S/C59H75N11O24S2/c60-44-9-7-41-48(42-8-10-45(61)55(96(82,83)84)53(42)94-52(41)54(44)95(79,80)81)43-29-36(3-6-40(43)58(77)78)56(75)64-31-38-33-70(68-66-38)14-18-87-20-23-88-22-19-85-16-12-63-57(76)46(62)30-37-32-69(67-65-37)13-17-86-21-24-89-25-26-90-27-28-91-39-4-1-35(2-5-39)11-15-92-59-51(74)50(73)49(72)47(34-71)93-59/h1-10,29,32-33,46-47,49-51,59-60,71-74H,11-28,30-31,34,61-62H2,(H,63,76)(H,64,75)(H,77,78)(H,79,80,81)(H,82,83,84)/t46-,47+,49+,50-,51+,59+/m0/s1. The number of ether oxygens (including phenoxy) is 9. The zero-order chi connectivity index (χ0) is 68.9. The van der Waals surface area contributed by atoms with E-state index in [-0.39, 0.29) is 106 Å². The number of benzene rings is 4. The summed E-state index contributed by atoms with van der Waals surface area (Å²) in [7, 11) is -10.5. The summed E-state index contributed by atoms with van der Waals surface area (Å²) in [5.41, 5.74) is 11.3. The molecule has 6 atom stereocenters. The molecule has 0 spiro atoms. The first-order valence-corrected chi connectivity index (χ1v) is 32.8. The van der Waals surface area contributed by atoms with Gasteiger partial charge in [-0.15, -0.1) is 10.2 Å². The predicted octanol–water partition coefficient (Wildman–Crippen LogP) is -1.21. The lowest BCUT2D eigenvalue weighted by molar-refractivity contribution is -0.300. The monoisotopic (exact) mass is 1390 g/mol. The van der Waals surface area contributed by atoms with Gasteiger partial charge in [-0.25, -0.2) is 14.2 Å². The van der Waals surface area contributed by atoms with Crippen LogP contribution in [0.15, 0.2) is 93.3 Å². The second kappa shape index (κ2) is 35.3. The fourth-order valence-corrected chi connectivity index (χ4v) is 11.3. The molecule has 1 fully saturated rings. The Morgan fingerprint density at radius 3 is 1.89 bits per heavy atom. The number of hydrogen-bond donors (Lipinski definition) is 12. The third kappa shape index (κ3) is 20.5. The van der Waals surface area contributed by atoms with Crippen molar-refractivity contribution in [2.45, 2.75) is 79.0 Å². The molecule has 14 N–H and O–H groups in total. The summed E-state index contributed by atoms with van der Waals surface area (Å²) in [5.74, 6) is -2.74. The molecule has 2 aliphatic heterocycles. The number of nitrogen functional groups attached to an aromatic ring is 1. The highest BCUT2D eigenvalue weighted by Crippen LogP contribution is 2.46. The number of nitrogens with two attached hydrogens (primary N) is 2. The number of aliphatic hydroxyl groups excluding tert-OH is 4. The number of carboxylic acid groups (broad SMARTS) is 1. The van der Waals surface area contributed by atoms with E-state index in [1.54, 1.807) is 17.1 Å². The summed E-state index contributed by atoms with van der Waals surface area (Å²) in [4.78, 5) is 36.8. The van der Waals surface area contributed by atoms with Crippen molar-refractivity contribution >= 4 is 54.7 Å². The summed E-state index contributed by atoms with van der Waals surface area (Å²) >= 11 is 0. The average molecular weight is 1390 g/mol. The molecule has 1 saturated heterocycles. The first-order chi connectivity index (χ1) is 46.0. The zero-order valence-corrected chi connectivity index (χ0v) is 53.2. The quantitative estimate of drug-likeness (QED) is 0.00928. The largest absolute Gasteiger partial charge is 0.491 e. The van der Waals surface area contributed by atoms with Gasteiger partial charge in [-0.2, -0.15) is 16.8 Å². The number of carbonyl (C=O) groups is 3. The second-order valence-corrected chi connectivity index (χ2v) is 24.1. The van der Waals surface area contributed by atoms with Crippen LogP contribution in [-0.2, 0) is 95.4 Å². The third-order valence-electron chi connectivity index (χ3n) is 14.6. The molecule has 96 heavy (non-hydrogen) atoms. The Morgan fingerprint density at radius 2 is 1.27 bits per heavy atom. The van der Waals surface area contributed by atoms with Gasteiger partial charge in [0.05, 0.1) is 147 Å². The highest BCUT2D eigenvalue weighted by molar-refractivity contribution is 7.86. The van der Waals surface area contributed by atoms with Crippen LogP contribution in [0.3, 0.4) is 0 Å². The normalized spacial score (nSPS) is 17.1. The molecule has 3 aliphatic rings. The van der Waals surface area contributed by atoms with Crippen LogP contribution in [0.4, 0.5) is 5.69 Å². The number of rotatable bonds is 40. The number of amides is 2. The molecule has 2 amide bonds. The van der Waals surface area contributed by atoms with Crippen LogP contribution in [0.2, 0.25) is 0 Å². The number of fused-ring (bicyclic) bond motifs is 2. The second-order valence-electron chi connectivity index (χ2n) is 21.4. The summed E-state index contributed by atoms with van der Waals surface area (Å²) in [6, 6.07) is 14.4. The minimum atomic E-state index is -5.26. The molecule has 1 aliphatic carbocycles. The van der Waals surface area contributed by atoms with E-state index in [1.807, 2.05) is 24.3 Å². The molecule has 3 aromatic carbocycles. The van der Waals surface area contributed by atoms with Crippen LogP contribution in [0.25, 0.3) is 33.4 Å². The first kappa shape index (κ1) is 73.7. The highest BCUT2D eigenvalue weighted by atomic mass is 32.2. The number of nitrogens with zero attached hydrogens (tertiary/aromatic N) is 6. The van der Waals surface area contributed by atoms with Gasteiger partial charge in [-0.1, -0.05) is 22.6 Å². The number of carboxylic acids is 1. The summed E-state index contributed by atoms with van der Waals surface area (Å²) < 4.78 is 130. The fourth-order valence-electron chi connectivity index (χ4n) is 9.78. The lowest BCUT2D eigenvalue weighted by atomic mass is 9.89. The number of carbonyl (C=O) groups excluding carboxylic acids is 2. The van der Waals surface area contributed by atoms with E-state index in [4.69, 9.17) is 63.9 Å². The van der Waals surface area contributed by atoms with Crippen LogP contribution >= 0.6 is 0 Å². The van der Waals surface area contributed by atoms with Crippen molar-refractivity contribution in [3.8, 4) is 28.2 Å². The Hall–Kier alpha value is -8.06. The van der Waals surface area contributed by atoms with Gasteiger partial charge in [-0.05, 0) is 72.1 Å². The molecule has 8 rings (SSSR count). The fraction of sp³-hybridized carbons (Fsp3) is 0.458. The van der Waals surface area contributed by atoms with Gasteiger partial charge < -0.3 is 94.7 Å². The van der Waals surface area contributed by atoms with Crippen molar-refractivity contribution in [1.29, 1.82) is 5.41 Å². The summed E-state index contributed by atoms with van der Waals surface area (Å²) in [6.45, 7) is 4.42. The van der Waals surface area contributed by atoms with Gasteiger partial charge in [-0.3, -0.25) is 24.1 Å². The molecule has 5 aromatic rings. The Labute approximate surface area is 548 Å². The Bertz CT molecular complexity index is 3990. The third-order valence-corrected chi connectivity index (χ3v) is 16.4. The lowest BCUT2D eigenvalue weighted by Gasteiger charge is -2.39. The maximum Gasteiger partial charge on any atom is 0.336 e. The molecule has 0 radical (unpaired) electrons. The Balaban J connectivity index is 0.628. The number of aromatic carboxylic acids is 1. The van der Waals surface area contributed by atoms with Gasteiger partial charge in [0.25, 0.3) is 26.1 Å². The van der Waals surface area contributed by atoms with E-state index in [0.29, 0.717) is 76.4 Å². The lowest BCUT2D eigenvalue weighted by Crippen LogP contribution is -2.59. The van der Waals surface area contributed by atoms with Crippen LogP contribution in [-0.4, -0.2) is 242 Å². The highest BCUT2D eigenvalue weighted by Gasteiger charge is 2.44. The van der Waals surface area contributed by atoms with Crippen molar-refractivity contribution in [1.82, 2.24) is 40.6 Å². The molecule has 0 unspecified atom stereocenters. The van der Waals surface area contributed by atoms with Crippen LogP contribution < -0.4 is 32.2 Å². The predicted molar refractivity (Wildman–Crippen MR) is 331 cm³/mol. The van der Waals surface area contributed by atoms with Gasteiger partial charge >= 0.3 is 5.97 Å². The number of hydrogen-bond acceptors (Lipinski definition) is 28. The minimum Gasteiger partial charge on any atom is -0.491 e. The molecule has 522 valence electrons. The van der Waals surface area contributed by atoms with Gasteiger partial charge in [0.15, 0.2) is 27.4 Å². The van der Waals surface area contributed by atoms with Gasteiger partial charge in [0.1, 0.15) is 42.5 Å². The molecule has 2 aromatic heterocycles. The Kier molecular flexibility index (Phi) is 27.1. The minimum absolute atomic E-state index is 0.112. The first-order valence-electron chi connectivity index (χ1n) is 29.9. The SMILES string of the molecule is N=c1ccc2c(-c3cc(C(=O)NCc4cn(CCOCCOCCOCCNC(=O)[C@@H](N)Cc5cn(CCOCCOCCOCCOc6ccc(CCO[C@@H]7O[C@H](CO)[C@@H](O)[C@H](O)[C@H]7O)cc6)nn5)nn4)ccc3C(=O)O)c3ccc(N)c(S(=O)(=O)O)c3oc-2c1S(=O)(=O)O. The van der Waals surface area contributed by atoms with Crippen molar-refractivity contribution in [3.05, 3.63) is 113 Å². The van der Waals surface area contributed by atoms with E-state index in [9.17, 15) is 65.9 Å². The van der Waals surface area contributed by atoms with Gasteiger partial charge in [0.2, 0.25) is 5.91 Å². The molecule has 37 heteroatoms. The topological polar surface area (TPSA) is 519 Å². The number of anilines is 1. The number of aliphatic hydroxyl groups is 4. The summed E-state index contributed by atoms with van der Waals surface area (Å²) in [6.07, 6.45) is -2.70. The molecule has 0 saturated carbocycles. The number of nitrogens with one attached hydrogen (secondary N) is 3. The molecule has 4 heterocycles. The van der Waals surface area contributed by atoms with Crippen LogP contribution in [0.5, 0.6) is 5.75 Å². The van der Waals surface area contributed by atoms with E-state index in [1.165, 1.54) is 22.9 Å². The Morgan fingerprint density at radius 1 is 0.677 bits per heavy atom. The molecule has 0 bridgehead atoms. The van der Waals surface area contributed by atoms with Crippen LogP contribution in [0.1, 0.15) is 37.7 Å². The van der Waals surface area contributed by atoms with Crippen molar-refractivity contribution in [3.63, 3.8) is 0 Å². The van der Waals surface area contributed by atoms with E-state index in [0.717, 1.165) is 29.8 Å². The summed E-state index contributed by atoms with van der Waals surface area (Å²) in [5, 5.41) is 78.5. The molecular formula is C59H75N11O24S2. The van der Waals surface area contributed by atoms with Gasteiger partial charge in [0, 0.05) is 41.2 Å². The zero-order valence-electron chi connectivity index (χ0n) is 51.5. The smallest absolute Gasteiger partial charge is 0.336 e. The number of aromatic nitrogens is 6. The van der Waals surface area contributed by atoms with Crippen molar-refractivity contribution in [2.75, 3.05) is 111 Å². The van der Waals surface area contributed by atoms with Crippen LogP contribution in [0, 0.1) is 5.41 Å². The van der Waals surface area contributed by atoms with E-state index >= 15 is 0 Å². The molecular weight excluding hydrogens is 1310 g/mol. The van der Waals surface area contributed by atoms with E-state index in [2.05, 4.69) is 31.3 Å². The maximum atomic E-state index is 13.6. The average Bonchev–Trinajstić information content (AvgIpc) is 0.743. The maximum absolute atomic E-state index is 13.6. The molecule has 35 nitrogen and oxygen atoms in total. The van der Waals surface area contributed by atoms with Crippen molar-refractivity contribution < 1.29 is 113 Å². The van der Waals surface area contributed by atoms with Crippen molar-refractivity contribution in [2.24, 2.45) is 5.73 Å².